The lowest BCUT2D eigenvalue weighted by Crippen LogP contribution is -2.66. The Morgan fingerprint density at radius 3 is 1.70 bits per heavy atom. The number of rotatable bonds is 10. The molecular weight excluding hydrogens is 409 g/mol. The number of hydrogen-bond acceptors (Lipinski definition) is 2. The molecule has 0 aromatic rings. The summed E-state index contributed by atoms with van der Waals surface area (Å²) in [5.41, 5.74) is -0.381. The highest BCUT2D eigenvalue weighted by atomic mass is 19.4. The maximum absolute atomic E-state index is 13.4. The molecule has 1 heterocycles. The second kappa shape index (κ2) is 7.53. The molecule has 0 N–H and O–H groups in total. The monoisotopic (exact) mass is 426 g/mol. The summed E-state index contributed by atoms with van der Waals surface area (Å²) in [5, 5.41) is 0. The van der Waals surface area contributed by atoms with Crippen LogP contribution in [0.4, 0.5) is 48.3 Å². The number of alkyl halides is 11. The van der Waals surface area contributed by atoms with E-state index in [2.05, 4.69) is 0 Å². The molecule has 1 aliphatic heterocycles. The SMILES string of the molecule is CCC1(COCCCC(F)(F)C(F)(F)C(F)(F)C(F)(F)C(F)(F)F)COC1. The van der Waals surface area contributed by atoms with Gasteiger partial charge in [0.1, 0.15) is 0 Å². The van der Waals surface area contributed by atoms with Crippen LogP contribution in [0.5, 0.6) is 0 Å². The Labute approximate surface area is 147 Å². The molecule has 13 heteroatoms. The second-order valence-electron chi connectivity index (χ2n) is 6.43. The van der Waals surface area contributed by atoms with Crippen LogP contribution in [-0.2, 0) is 9.47 Å². The summed E-state index contributed by atoms with van der Waals surface area (Å²) in [4.78, 5) is 0. The lowest BCUT2D eigenvalue weighted by Gasteiger charge is -2.40. The van der Waals surface area contributed by atoms with E-state index < -0.39 is 49.3 Å². The molecule has 0 spiro atoms. The lowest BCUT2D eigenvalue weighted by atomic mass is 9.84. The van der Waals surface area contributed by atoms with Crippen LogP contribution >= 0.6 is 0 Å². The summed E-state index contributed by atoms with van der Waals surface area (Å²) in [6.07, 6.45) is -9.57. The van der Waals surface area contributed by atoms with Gasteiger partial charge in [-0.05, 0) is 12.8 Å². The highest BCUT2D eigenvalue weighted by molar-refractivity contribution is 5.06. The van der Waals surface area contributed by atoms with Crippen LogP contribution < -0.4 is 0 Å². The van der Waals surface area contributed by atoms with E-state index in [0.717, 1.165) is 0 Å². The molecule has 0 aliphatic carbocycles. The second-order valence-corrected chi connectivity index (χ2v) is 6.43. The van der Waals surface area contributed by atoms with Gasteiger partial charge in [-0.25, -0.2) is 0 Å². The molecular formula is C14H17F11O2. The Morgan fingerprint density at radius 1 is 0.815 bits per heavy atom. The van der Waals surface area contributed by atoms with E-state index in [0.29, 0.717) is 19.6 Å². The predicted octanol–water partition coefficient (Wildman–Crippen LogP) is 5.31. The molecule has 0 atom stereocenters. The van der Waals surface area contributed by atoms with E-state index in [4.69, 9.17) is 9.47 Å². The van der Waals surface area contributed by atoms with E-state index in [1.54, 1.807) is 6.92 Å². The van der Waals surface area contributed by atoms with Crippen molar-refractivity contribution in [2.24, 2.45) is 5.41 Å². The van der Waals surface area contributed by atoms with E-state index in [1.165, 1.54) is 0 Å². The average Bonchev–Trinajstić information content (AvgIpc) is 2.47. The first kappa shape index (κ1) is 24.2. The Kier molecular flexibility index (Phi) is 6.74. The quantitative estimate of drug-likeness (QED) is 0.348. The van der Waals surface area contributed by atoms with E-state index in [1.807, 2.05) is 0 Å². The first-order valence-corrected chi connectivity index (χ1v) is 7.71. The van der Waals surface area contributed by atoms with Crippen molar-refractivity contribution in [2.75, 3.05) is 26.4 Å². The first-order valence-electron chi connectivity index (χ1n) is 7.71. The van der Waals surface area contributed by atoms with Gasteiger partial charge in [0.15, 0.2) is 0 Å². The number of halogens is 11. The van der Waals surface area contributed by atoms with Crippen LogP contribution in [0.25, 0.3) is 0 Å². The van der Waals surface area contributed by atoms with Gasteiger partial charge in [0, 0.05) is 18.4 Å². The molecule has 0 unspecified atom stereocenters. The van der Waals surface area contributed by atoms with Crippen LogP contribution in [-0.4, -0.2) is 56.3 Å². The van der Waals surface area contributed by atoms with Crippen molar-refractivity contribution in [3.63, 3.8) is 0 Å². The zero-order valence-electron chi connectivity index (χ0n) is 13.9. The van der Waals surface area contributed by atoms with Gasteiger partial charge in [-0.3, -0.25) is 0 Å². The Bertz CT molecular complexity index is 492. The molecule has 1 aliphatic rings. The predicted molar refractivity (Wildman–Crippen MR) is 69.4 cm³/mol. The van der Waals surface area contributed by atoms with Crippen molar-refractivity contribution in [2.45, 2.75) is 56.1 Å². The summed E-state index contributed by atoms with van der Waals surface area (Å²) in [6.45, 7) is 1.82. The fourth-order valence-corrected chi connectivity index (χ4v) is 2.23. The molecule has 0 radical (unpaired) electrons. The fraction of sp³-hybridized carbons (Fsp3) is 1.00. The summed E-state index contributed by atoms with van der Waals surface area (Å²) in [5.74, 6) is -27.5. The third-order valence-electron chi connectivity index (χ3n) is 4.36. The zero-order chi connectivity index (χ0) is 21.4. The molecule has 1 rings (SSSR count). The van der Waals surface area contributed by atoms with Gasteiger partial charge in [0.05, 0.1) is 19.8 Å². The highest BCUT2D eigenvalue weighted by Gasteiger charge is 2.86. The summed E-state index contributed by atoms with van der Waals surface area (Å²) in [6, 6.07) is 0. The first-order chi connectivity index (χ1) is 12.0. The molecule has 0 aromatic carbocycles. The van der Waals surface area contributed by atoms with Crippen LogP contribution in [0.3, 0.4) is 0 Å². The van der Waals surface area contributed by atoms with Crippen molar-refractivity contribution in [1.82, 2.24) is 0 Å². The van der Waals surface area contributed by atoms with Gasteiger partial charge in [0.2, 0.25) is 0 Å². The third-order valence-corrected chi connectivity index (χ3v) is 4.36. The largest absolute Gasteiger partial charge is 0.460 e. The normalized spacial score (nSPS) is 19.1. The maximum Gasteiger partial charge on any atom is 0.460 e. The Balaban J connectivity index is 2.71. The van der Waals surface area contributed by atoms with Gasteiger partial charge in [-0.15, -0.1) is 0 Å². The molecule has 0 bridgehead atoms. The van der Waals surface area contributed by atoms with Crippen molar-refractivity contribution < 1.29 is 57.8 Å². The molecule has 0 amide bonds. The van der Waals surface area contributed by atoms with E-state index >= 15 is 0 Å². The average molecular weight is 426 g/mol. The van der Waals surface area contributed by atoms with Gasteiger partial charge in [-0.2, -0.15) is 48.3 Å². The molecule has 0 aromatic heterocycles. The Morgan fingerprint density at radius 2 is 1.33 bits per heavy atom. The van der Waals surface area contributed by atoms with Crippen LogP contribution in [0, 0.1) is 5.41 Å². The van der Waals surface area contributed by atoms with Crippen molar-refractivity contribution in [3.8, 4) is 0 Å². The van der Waals surface area contributed by atoms with Crippen LogP contribution in [0.15, 0.2) is 0 Å². The minimum absolute atomic E-state index is 0.00771. The molecule has 162 valence electrons. The molecule has 2 nitrogen and oxygen atoms in total. The Hall–Kier alpha value is -0.850. The highest BCUT2D eigenvalue weighted by Crippen LogP contribution is 2.58. The molecule has 0 saturated carbocycles. The zero-order valence-corrected chi connectivity index (χ0v) is 13.9. The minimum Gasteiger partial charge on any atom is -0.381 e. The van der Waals surface area contributed by atoms with E-state index in [9.17, 15) is 48.3 Å². The summed E-state index contributed by atoms with van der Waals surface area (Å²) in [7, 11) is 0. The van der Waals surface area contributed by atoms with Crippen molar-refractivity contribution in [3.05, 3.63) is 0 Å². The van der Waals surface area contributed by atoms with Crippen LogP contribution in [0.2, 0.25) is 0 Å². The molecule has 1 saturated heterocycles. The fourth-order valence-electron chi connectivity index (χ4n) is 2.23. The lowest BCUT2D eigenvalue weighted by molar-refractivity contribution is -0.422. The van der Waals surface area contributed by atoms with Gasteiger partial charge in [-0.1, -0.05) is 6.92 Å². The number of hydrogen-bond donors (Lipinski definition) is 0. The van der Waals surface area contributed by atoms with Crippen molar-refractivity contribution >= 4 is 0 Å². The van der Waals surface area contributed by atoms with Gasteiger partial charge in [0.25, 0.3) is 0 Å². The van der Waals surface area contributed by atoms with Crippen LogP contribution in [0.1, 0.15) is 26.2 Å². The third kappa shape index (κ3) is 4.28. The molecule has 1 fully saturated rings. The topological polar surface area (TPSA) is 18.5 Å². The van der Waals surface area contributed by atoms with Crippen molar-refractivity contribution in [1.29, 1.82) is 0 Å². The van der Waals surface area contributed by atoms with E-state index in [-0.39, 0.29) is 12.0 Å². The minimum atomic E-state index is -7.35. The molecule has 27 heavy (non-hydrogen) atoms. The van der Waals surface area contributed by atoms with Gasteiger partial charge >= 0.3 is 29.9 Å². The summed E-state index contributed by atoms with van der Waals surface area (Å²) < 4.78 is 151. The maximum atomic E-state index is 13.4. The number of ether oxygens (including phenoxy) is 2. The summed E-state index contributed by atoms with van der Waals surface area (Å²) >= 11 is 0. The standard InChI is InChI=1S/C14H17F11O2/c1-2-9(7-27-8-9)6-26-5-3-4-10(15,16)11(17,18)12(19,20)13(21,22)14(23,24)25/h2-8H2,1H3. The smallest absolute Gasteiger partial charge is 0.381 e. The van der Waals surface area contributed by atoms with Gasteiger partial charge < -0.3 is 9.47 Å².